The Balaban J connectivity index is 2.04. The molecule has 0 saturated carbocycles. The van der Waals surface area contributed by atoms with E-state index in [1.54, 1.807) is 25.1 Å². The third-order valence-corrected chi connectivity index (χ3v) is 5.44. The normalized spacial score (nSPS) is 12.3. The minimum atomic E-state index is -3.47. The van der Waals surface area contributed by atoms with Gasteiger partial charge >= 0.3 is 0 Å². The summed E-state index contributed by atoms with van der Waals surface area (Å²) >= 11 is 0. The largest absolute Gasteiger partial charge is 0.344 e. The molecule has 5 nitrogen and oxygen atoms in total. The Bertz CT molecular complexity index is 871. The number of benzene rings is 2. The minimum Gasteiger partial charge on any atom is -0.344 e. The Morgan fingerprint density at radius 1 is 1.04 bits per heavy atom. The Morgan fingerprint density at radius 3 is 2.23 bits per heavy atom. The zero-order valence-corrected chi connectivity index (χ0v) is 16.0. The number of hydrogen-bond donors (Lipinski definition) is 2. The van der Waals surface area contributed by atoms with Crippen LogP contribution in [-0.2, 0) is 20.4 Å². The summed E-state index contributed by atoms with van der Waals surface area (Å²) in [5.41, 5.74) is 1.26. The molecule has 0 heterocycles. The first-order chi connectivity index (χ1) is 12.2. The monoisotopic (exact) mass is 372 g/mol. The van der Waals surface area contributed by atoms with Gasteiger partial charge in [0.2, 0.25) is 15.9 Å². The van der Waals surface area contributed by atoms with Crippen molar-refractivity contribution in [2.45, 2.75) is 31.2 Å². The fourth-order valence-electron chi connectivity index (χ4n) is 2.48. The van der Waals surface area contributed by atoms with E-state index in [1.165, 1.54) is 18.2 Å². The van der Waals surface area contributed by atoms with Crippen molar-refractivity contribution < 1.29 is 13.2 Å². The quantitative estimate of drug-likeness (QED) is 0.734. The summed E-state index contributed by atoms with van der Waals surface area (Å²) in [5, 5.41) is 2.96. The van der Waals surface area contributed by atoms with Gasteiger partial charge in [-0.25, -0.2) is 13.1 Å². The lowest BCUT2D eigenvalue weighted by molar-refractivity contribution is -0.118. The summed E-state index contributed by atoms with van der Waals surface area (Å²) in [7, 11) is -3.47. The van der Waals surface area contributed by atoms with E-state index in [2.05, 4.69) is 10.0 Å². The van der Waals surface area contributed by atoms with E-state index < -0.39 is 15.6 Å². The average Bonchev–Trinajstić information content (AvgIpc) is 2.61. The molecule has 0 aliphatic heterocycles. The molecule has 6 heteroatoms. The maximum Gasteiger partial charge on any atom is 0.244 e. The Hall–Kier alpha value is -2.44. The Labute approximate surface area is 155 Å². The zero-order valence-electron chi connectivity index (χ0n) is 15.2. The first kappa shape index (κ1) is 19.9. The number of sulfonamides is 1. The highest BCUT2D eigenvalue weighted by Crippen LogP contribution is 2.19. The molecule has 138 valence electrons. The standard InChI is InChI=1S/C20H24N2O3S/c1-4-21-26(24,25)18-13-10-16(11-14-18)12-15-19(23)22-20(2,3)17-8-6-5-7-9-17/h5-15,21H,4H2,1-3H3,(H,22,23)/b15-12+. The van der Waals surface area contributed by atoms with Gasteiger partial charge in [-0.05, 0) is 43.2 Å². The number of nitrogens with one attached hydrogen (secondary N) is 2. The maximum atomic E-state index is 12.2. The van der Waals surface area contributed by atoms with Crippen LogP contribution in [0.25, 0.3) is 6.08 Å². The van der Waals surface area contributed by atoms with Crippen molar-refractivity contribution in [3.8, 4) is 0 Å². The van der Waals surface area contributed by atoms with Crippen molar-refractivity contribution in [2.75, 3.05) is 6.54 Å². The molecule has 2 aromatic carbocycles. The molecular formula is C20H24N2O3S. The van der Waals surface area contributed by atoms with Crippen LogP contribution >= 0.6 is 0 Å². The molecule has 2 aromatic rings. The molecule has 1 amide bonds. The molecule has 0 bridgehead atoms. The molecule has 0 radical (unpaired) electrons. The van der Waals surface area contributed by atoms with E-state index in [0.717, 1.165) is 11.1 Å². The van der Waals surface area contributed by atoms with Gasteiger partial charge in [0.1, 0.15) is 0 Å². The lowest BCUT2D eigenvalue weighted by atomic mass is 9.94. The van der Waals surface area contributed by atoms with E-state index >= 15 is 0 Å². The molecule has 0 aliphatic carbocycles. The second-order valence-electron chi connectivity index (χ2n) is 6.38. The first-order valence-electron chi connectivity index (χ1n) is 8.40. The van der Waals surface area contributed by atoms with Gasteiger partial charge in [-0.1, -0.05) is 49.4 Å². The van der Waals surface area contributed by atoms with Gasteiger partial charge in [0.15, 0.2) is 0 Å². The lowest BCUT2D eigenvalue weighted by Gasteiger charge is -2.26. The van der Waals surface area contributed by atoms with Crippen molar-refractivity contribution in [2.24, 2.45) is 0 Å². The topological polar surface area (TPSA) is 75.3 Å². The van der Waals surface area contributed by atoms with Gasteiger partial charge in [-0.15, -0.1) is 0 Å². The molecule has 2 rings (SSSR count). The highest BCUT2D eigenvalue weighted by Gasteiger charge is 2.21. The number of rotatable bonds is 7. The summed E-state index contributed by atoms with van der Waals surface area (Å²) in [5.74, 6) is -0.219. The molecule has 0 saturated heterocycles. The molecule has 0 fully saturated rings. The van der Waals surface area contributed by atoms with Crippen LogP contribution in [0.2, 0.25) is 0 Å². The van der Waals surface area contributed by atoms with E-state index in [1.807, 2.05) is 44.2 Å². The third kappa shape index (κ3) is 5.28. The Morgan fingerprint density at radius 2 is 1.65 bits per heavy atom. The number of carbonyl (C=O) groups excluding carboxylic acids is 1. The van der Waals surface area contributed by atoms with Crippen LogP contribution in [0, 0.1) is 0 Å². The number of hydrogen-bond acceptors (Lipinski definition) is 3. The van der Waals surface area contributed by atoms with Crippen LogP contribution in [0.5, 0.6) is 0 Å². The van der Waals surface area contributed by atoms with E-state index in [4.69, 9.17) is 0 Å². The van der Waals surface area contributed by atoms with Gasteiger partial charge in [0, 0.05) is 12.6 Å². The fourth-order valence-corrected chi connectivity index (χ4v) is 3.52. The average molecular weight is 372 g/mol. The Kier molecular flexibility index (Phi) is 6.34. The van der Waals surface area contributed by atoms with Crippen LogP contribution < -0.4 is 10.0 Å². The molecular weight excluding hydrogens is 348 g/mol. The van der Waals surface area contributed by atoms with Crippen LogP contribution in [-0.4, -0.2) is 20.9 Å². The highest BCUT2D eigenvalue weighted by molar-refractivity contribution is 7.89. The lowest BCUT2D eigenvalue weighted by Crippen LogP contribution is -2.40. The van der Waals surface area contributed by atoms with E-state index in [9.17, 15) is 13.2 Å². The van der Waals surface area contributed by atoms with Crippen LogP contribution in [0.4, 0.5) is 0 Å². The van der Waals surface area contributed by atoms with Crippen molar-refractivity contribution >= 4 is 22.0 Å². The second kappa shape index (κ2) is 8.29. The van der Waals surface area contributed by atoms with Crippen LogP contribution in [0.3, 0.4) is 0 Å². The summed E-state index contributed by atoms with van der Waals surface area (Å²) < 4.78 is 26.3. The molecule has 0 unspecified atom stereocenters. The smallest absolute Gasteiger partial charge is 0.244 e. The summed E-state index contributed by atoms with van der Waals surface area (Å²) in [4.78, 5) is 12.4. The van der Waals surface area contributed by atoms with E-state index in [0.29, 0.717) is 6.54 Å². The third-order valence-electron chi connectivity index (χ3n) is 3.88. The van der Waals surface area contributed by atoms with Crippen molar-refractivity contribution in [1.82, 2.24) is 10.0 Å². The van der Waals surface area contributed by atoms with Crippen LogP contribution in [0.15, 0.2) is 65.6 Å². The molecule has 0 atom stereocenters. The molecule has 0 aliphatic rings. The maximum absolute atomic E-state index is 12.2. The van der Waals surface area contributed by atoms with Crippen molar-refractivity contribution in [1.29, 1.82) is 0 Å². The SMILES string of the molecule is CCNS(=O)(=O)c1ccc(/C=C/C(=O)NC(C)(C)c2ccccc2)cc1. The molecule has 0 aromatic heterocycles. The van der Waals surface area contributed by atoms with Gasteiger partial charge in [-0.3, -0.25) is 4.79 Å². The van der Waals surface area contributed by atoms with E-state index in [-0.39, 0.29) is 10.8 Å². The summed E-state index contributed by atoms with van der Waals surface area (Å²) in [6.07, 6.45) is 3.10. The summed E-state index contributed by atoms with van der Waals surface area (Å²) in [6, 6.07) is 16.1. The second-order valence-corrected chi connectivity index (χ2v) is 8.15. The molecule has 26 heavy (non-hydrogen) atoms. The predicted octanol–water partition coefficient (Wildman–Crippen LogP) is 3.05. The minimum absolute atomic E-state index is 0.200. The van der Waals surface area contributed by atoms with Crippen molar-refractivity contribution in [3.63, 3.8) is 0 Å². The molecule has 2 N–H and O–H groups in total. The zero-order chi connectivity index (χ0) is 19.2. The van der Waals surface area contributed by atoms with Crippen molar-refractivity contribution in [3.05, 3.63) is 71.8 Å². The van der Waals surface area contributed by atoms with Gasteiger partial charge in [0.05, 0.1) is 10.4 Å². The molecule has 0 spiro atoms. The first-order valence-corrected chi connectivity index (χ1v) is 9.88. The fraction of sp³-hybridized carbons (Fsp3) is 0.250. The predicted molar refractivity (Wildman–Crippen MR) is 104 cm³/mol. The number of carbonyl (C=O) groups is 1. The van der Waals surface area contributed by atoms with Gasteiger partial charge < -0.3 is 5.32 Å². The van der Waals surface area contributed by atoms with Gasteiger partial charge in [-0.2, -0.15) is 0 Å². The highest BCUT2D eigenvalue weighted by atomic mass is 32.2. The number of amides is 1. The summed E-state index contributed by atoms with van der Waals surface area (Å²) in [6.45, 7) is 5.94. The van der Waals surface area contributed by atoms with Gasteiger partial charge in [0.25, 0.3) is 0 Å². The van der Waals surface area contributed by atoms with Crippen LogP contribution in [0.1, 0.15) is 31.9 Å².